The average Bonchev–Trinajstić information content (AvgIpc) is 2.35. The van der Waals surface area contributed by atoms with Crippen LogP contribution in [-0.4, -0.2) is 27.1 Å². The number of aromatic amines is 1. The summed E-state index contributed by atoms with van der Waals surface area (Å²) < 4.78 is 4.42. The molecule has 18 heavy (non-hydrogen) atoms. The van der Waals surface area contributed by atoms with E-state index in [1.165, 1.54) is 12.1 Å². The van der Waals surface area contributed by atoms with Crippen LogP contribution in [0.1, 0.15) is 11.7 Å². The number of aliphatic hydroxyl groups is 2. The van der Waals surface area contributed by atoms with Crippen LogP contribution in [0.2, 0.25) is 0 Å². The van der Waals surface area contributed by atoms with Crippen molar-refractivity contribution >= 4 is 23.5 Å². The van der Waals surface area contributed by atoms with Crippen molar-refractivity contribution in [3.05, 3.63) is 44.7 Å². The highest BCUT2D eigenvalue weighted by Crippen LogP contribution is 2.23. The molecule has 0 aliphatic rings. The topological polar surface area (TPSA) is 104 Å². The Hall–Kier alpha value is -1.57. The Morgan fingerprint density at radius 3 is 2.72 bits per heavy atom. The first-order valence-electron chi connectivity index (χ1n) is 5.17. The lowest BCUT2D eigenvalue weighted by molar-refractivity contribution is 0.0346. The van der Waals surface area contributed by atoms with Crippen molar-refractivity contribution in [1.82, 2.24) is 4.98 Å². The quantitative estimate of drug-likeness (QED) is 0.578. The molecular weight excluding hydrogens is 258 g/mol. The van der Waals surface area contributed by atoms with Gasteiger partial charge in [-0.25, -0.2) is 9.59 Å². The van der Waals surface area contributed by atoms with Crippen LogP contribution in [0.25, 0.3) is 10.9 Å². The third-order valence-electron chi connectivity index (χ3n) is 2.59. The summed E-state index contributed by atoms with van der Waals surface area (Å²) in [6, 6.07) is 4.55. The smallest absolute Gasteiger partial charge is 0.389 e. The fourth-order valence-corrected chi connectivity index (χ4v) is 1.93. The molecule has 0 aliphatic heterocycles. The maximum atomic E-state index is 11.6. The molecule has 2 unspecified atom stereocenters. The zero-order valence-corrected chi connectivity index (χ0v) is 10.1. The molecule has 0 radical (unpaired) electrons. The number of aromatic nitrogens is 1. The van der Waals surface area contributed by atoms with Crippen LogP contribution in [0.4, 0.5) is 0 Å². The van der Waals surface area contributed by atoms with Gasteiger partial charge in [-0.1, -0.05) is 12.1 Å². The molecule has 0 amide bonds. The van der Waals surface area contributed by atoms with E-state index in [1.807, 2.05) is 0 Å². The lowest BCUT2D eigenvalue weighted by Crippen LogP contribution is -2.23. The van der Waals surface area contributed by atoms with Gasteiger partial charge in [0, 0.05) is 5.75 Å². The first kappa shape index (κ1) is 12.9. The van der Waals surface area contributed by atoms with Crippen molar-refractivity contribution in [2.24, 2.45) is 0 Å². The summed E-state index contributed by atoms with van der Waals surface area (Å²) in [5.41, 5.74) is -0.409. The van der Waals surface area contributed by atoms with E-state index in [0.717, 1.165) is 0 Å². The van der Waals surface area contributed by atoms with Crippen molar-refractivity contribution in [2.75, 3.05) is 5.75 Å². The molecule has 1 heterocycles. The van der Waals surface area contributed by atoms with Crippen molar-refractivity contribution in [2.45, 2.75) is 12.2 Å². The van der Waals surface area contributed by atoms with Crippen LogP contribution in [-0.2, 0) is 0 Å². The van der Waals surface area contributed by atoms with Crippen molar-refractivity contribution < 1.29 is 14.6 Å². The van der Waals surface area contributed by atoms with E-state index in [0.29, 0.717) is 0 Å². The molecule has 1 aromatic heterocycles. The van der Waals surface area contributed by atoms with Gasteiger partial charge in [-0.3, -0.25) is 4.98 Å². The molecule has 2 aromatic rings. The van der Waals surface area contributed by atoms with E-state index >= 15 is 0 Å². The van der Waals surface area contributed by atoms with Gasteiger partial charge in [0.1, 0.15) is 6.10 Å². The molecule has 96 valence electrons. The number of thiol groups is 1. The Kier molecular flexibility index (Phi) is 3.55. The first-order valence-corrected chi connectivity index (χ1v) is 5.81. The van der Waals surface area contributed by atoms with E-state index in [9.17, 15) is 19.8 Å². The summed E-state index contributed by atoms with van der Waals surface area (Å²) in [6.07, 6.45) is -2.40. The van der Waals surface area contributed by atoms with Crippen molar-refractivity contribution in [3.63, 3.8) is 0 Å². The summed E-state index contributed by atoms with van der Waals surface area (Å²) in [6.45, 7) is 0. The molecule has 1 aromatic carbocycles. The summed E-state index contributed by atoms with van der Waals surface area (Å²) in [5, 5.41) is 19.5. The highest BCUT2D eigenvalue weighted by atomic mass is 32.1. The monoisotopic (exact) mass is 269 g/mol. The molecule has 0 saturated heterocycles. The fourth-order valence-electron chi connectivity index (χ4n) is 1.73. The van der Waals surface area contributed by atoms with E-state index in [2.05, 4.69) is 22.0 Å². The first-order chi connectivity index (χ1) is 8.54. The number of hydrogen-bond donors (Lipinski definition) is 4. The van der Waals surface area contributed by atoms with Gasteiger partial charge < -0.3 is 14.6 Å². The summed E-state index contributed by atoms with van der Waals surface area (Å²) >= 11 is 3.87. The predicted molar refractivity (Wildman–Crippen MR) is 67.9 cm³/mol. The Morgan fingerprint density at radius 1 is 1.33 bits per heavy atom. The van der Waals surface area contributed by atoms with Crippen LogP contribution >= 0.6 is 12.6 Å². The largest absolute Gasteiger partial charge is 0.419 e. The Morgan fingerprint density at radius 2 is 2.06 bits per heavy atom. The molecule has 0 saturated carbocycles. The Bertz CT molecular complexity index is 677. The van der Waals surface area contributed by atoms with Crippen LogP contribution in [0, 0.1) is 0 Å². The van der Waals surface area contributed by atoms with E-state index in [1.54, 1.807) is 6.07 Å². The van der Waals surface area contributed by atoms with Gasteiger partial charge in [-0.05, 0) is 11.6 Å². The molecule has 6 nitrogen and oxygen atoms in total. The summed E-state index contributed by atoms with van der Waals surface area (Å²) in [7, 11) is 0. The molecule has 0 aliphatic carbocycles. The minimum atomic E-state index is -1.28. The third kappa shape index (κ3) is 2.20. The molecule has 2 rings (SSSR count). The van der Waals surface area contributed by atoms with E-state index < -0.39 is 23.6 Å². The average molecular weight is 269 g/mol. The highest BCUT2D eigenvalue weighted by molar-refractivity contribution is 7.80. The van der Waals surface area contributed by atoms with E-state index in [4.69, 9.17) is 0 Å². The second-order valence-corrected chi connectivity index (χ2v) is 4.13. The minimum absolute atomic E-state index is 0.0340. The number of rotatable bonds is 3. The van der Waals surface area contributed by atoms with E-state index in [-0.39, 0.29) is 22.2 Å². The standard InChI is InChI=1S/C11H11NO5S/c13-7(4-18)9(14)5-2-1-3-6-8(5)10(15)17-11(16)12-6/h1-3,7,9,13-14,18H,4H2,(H,12,16). The van der Waals surface area contributed by atoms with Gasteiger partial charge in [-0.2, -0.15) is 12.6 Å². The number of aliphatic hydroxyl groups excluding tert-OH is 2. The van der Waals surface area contributed by atoms with Gasteiger partial charge in [0.25, 0.3) is 0 Å². The second kappa shape index (κ2) is 4.97. The van der Waals surface area contributed by atoms with Gasteiger partial charge in [-0.15, -0.1) is 0 Å². The minimum Gasteiger partial charge on any atom is -0.389 e. The number of fused-ring (bicyclic) bond motifs is 1. The summed E-state index contributed by atoms with van der Waals surface area (Å²) in [4.78, 5) is 25.0. The van der Waals surface area contributed by atoms with Crippen molar-refractivity contribution in [1.29, 1.82) is 0 Å². The maximum Gasteiger partial charge on any atom is 0.419 e. The maximum absolute atomic E-state index is 11.6. The highest BCUT2D eigenvalue weighted by Gasteiger charge is 2.21. The fraction of sp³-hybridized carbons (Fsp3) is 0.273. The SMILES string of the molecule is O=c1[nH]c2cccc(C(O)C(O)CS)c2c(=O)o1. The Labute approximate surface area is 106 Å². The van der Waals surface area contributed by atoms with Gasteiger partial charge in [0.2, 0.25) is 0 Å². The number of benzene rings is 1. The normalized spacial score (nSPS) is 14.6. The number of H-pyrrole nitrogens is 1. The van der Waals surface area contributed by atoms with Crippen LogP contribution in [0.5, 0.6) is 0 Å². The van der Waals surface area contributed by atoms with Crippen LogP contribution in [0.15, 0.2) is 32.2 Å². The zero-order chi connectivity index (χ0) is 13.3. The second-order valence-electron chi connectivity index (χ2n) is 3.77. The molecule has 0 bridgehead atoms. The van der Waals surface area contributed by atoms with Crippen molar-refractivity contribution in [3.8, 4) is 0 Å². The lowest BCUT2D eigenvalue weighted by Gasteiger charge is -2.17. The molecular formula is C11H11NO5S. The summed E-state index contributed by atoms with van der Waals surface area (Å²) in [5.74, 6) is -0.833. The van der Waals surface area contributed by atoms with Gasteiger partial charge in [0.05, 0.1) is 17.0 Å². The number of hydrogen-bond acceptors (Lipinski definition) is 6. The molecule has 7 heteroatoms. The molecule has 0 fully saturated rings. The molecule has 2 atom stereocenters. The van der Waals surface area contributed by atoms with Gasteiger partial charge in [0.15, 0.2) is 0 Å². The van der Waals surface area contributed by atoms with Gasteiger partial charge >= 0.3 is 11.4 Å². The Balaban J connectivity index is 2.73. The molecule has 3 N–H and O–H groups in total. The number of nitrogens with one attached hydrogen (secondary N) is 1. The van der Waals surface area contributed by atoms with Crippen LogP contribution < -0.4 is 11.4 Å². The predicted octanol–water partition coefficient (Wildman–Crippen LogP) is -0.195. The van der Waals surface area contributed by atoms with Crippen LogP contribution in [0.3, 0.4) is 0 Å². The zero-order valence-electron chi connectivity index (χ0n) is 9.16. The third-order valence-corrected chi connectivity index (χ3v) is 2.97. The lowest BCUT2D eigenvalue weighted by atomic mass is 10.0. The molecule has 0 spiro atoms.